The predicted octanol–water partition coefficient (Wildman–Crippen LogP) is 3.00. The van der Waals surface area contributed by atoms with Crippen LogP contribution in [0.2, 0.25) is 0 Å². The Kier molecular flexibility index (Phi) is 3.86. The largest absolute Gasteiger partial charge is 0.363 e. The number of aryl methyl sites for hydroxylation is 2. The van der Waals surface area contributed by atoms with E-state index in [2.05, 4.69) is 36.2 Å². The van der Waals surface area contributed by atoms with Gasteiger partial charge in [-0.15, -0.1) is 0 Å². The van der Waals surface area contributed by atoms with E-state index in [0.717, 1.165) is 10.0 Å². The highest BCUT2D eigenvalue weighted by molar-refractivity contribution is 9.10. The van der Waals surface area contributed by atoms with Gasteiger partial charge in [0.15, 0.2) is 11.6 Å². The summed E-state index contributed by atoms with van der Waals surface area (Å²) in [4.78, 5) is 12.0. The standard InChI is InChI=1S/C12H12BrFN4/c1-7-11(14)12(18-8(2)17-7)16-5-9-3-10(13)6-15-4-9/h3-4,6H,5H2,1-2H3,(H,16,17,18). The van der Waals surface area contributed by atoms with Crippen molar-refractivity contribution in [3.8, 4) is 0 Å². The van der Waals surface area contributed by atoms with Crippen molar-refractivity contribution >= 4 is 21.7 Å². The van der Waals surface area contributed by atoms with Crippen molar-refractivity contribution in [3.05, 3.63) is 45.8 Å². The molecule has 94 valence electrons. The number of hydrogen-bond donors (Lipinski definition) is 1. The maximum atomic E-state index is 13.8. The van der Waals surface area contributed by atoms with E-state index < -0.39 is 5.82 Å². The number of aromatic nitrogens is 3. The zero-order valence-corrected chi connectivity index (χ0v) is 11.6. The summed E-state index contributed by atoms with van der Waals surface area (Å²) in [5, 5.41) is 2.95. The second-order valence-corrected chi connectivity index (χ2v) is 4.80. The van der Waals surface area contributed by atoms with Crippen molar-refractivity contribution in [2.75, 3.05) is 5.32 Å². The average Bonchev–Trinajstić information content (AvgIpc) is 2.32. The second kappa shape index (κ2) is 5.39. The molecule has 0 spiro atoms. The Morgan fingerprint density at radius 2 is 2.06 bits per heavy atom. The van der Waals surface area contributed by atoms with E-state index in [0.29, 0.717) is 18.1 Å². The number of nitrogens with zero attached hydrogens (tertiary/aromatic N) is 3. The van der Waals surface area contributed by atoms with Crippen molar-refractivity contribution in [2.45, 2.75) is 20.4 Å². The van der Waals surface area contributed by atoms with Gasteiger partial charge < -0.3 is 5.32 Å². The van der Waals surface area contributed by atoms with Crippen molar-refractivity contribution < 1.29 is 4.39 Å². The lowest BCUT2D eigenvalue weighted by Crippen LogP contribution is -2.07. The number of pyridine rings is 1. The van der Waals surface area contributed by atoms with Crippen LogP contribution in [0.5, 0.6) is 0 Å². The molecule has 0 saturated heterocycles. The monoisotopic (exact) mass is 310 g/mol. The highest BCUT2D eigenvalue weighted by Crippen LogP contribution is 2.15. The van der Waals surface area contributed by atoms with Crippen molar-refractivity contribution in [2.24, 2.45) is 0 Å². The van der Waals surface area contributed by atoms with E-state index >= 15 is 0 Å². The molecule has 0 aliphatic heterocycles. The minimum absolute atomic E-state index is 0.222. The third-order valence-corrected chi connectivity index (χ3v) is 2.78. The van der Waals surface area contributed by atoms with Crippen LogP contribution >= 0.6 is 15.9 Å². The molecule has 2 heterocycles. The molecule has 0 fully saturated rings. The van der Waals surface area contributed by atoms with Crippen molar-refractivity contribution in [1.82, 2.24) is 15.0 Å². The first kappa shape index (κ1) is 12.9. The number of anilines is 1. The zero-order chi connectivity index (χ0) is 13.1. The summed E-state index contributed by atoms with van der Waals surface area (Å²) < 4.78 is 14.6. The Bertz CT molecular complexity index is 574. The van der Waals surface area contributed by atoms with Gasteiger partial charge in [-0.1, -0.05) is 0 Å². The molecule has 1 N–H and O–H groups in total. The highest BCUT2D eigenvalue weighted by atomic mass is 79.9. The Morgan fingerprint density at radius 3 is 2.78 bits per heavy atom. The molecule has 4 nitrogen and oxygen atoms in total. The summed E-state index contributed by atoms with van der Waals surface area (Å²) in [6.07, 6.45) is 3.42. The number of rotatable bonds is 3. The first-order valence-electron chi connectivity index (χ1n) is 5.40. The smallest absolute Gasteiger partial charge is 0.186 e. The van der Waals surface area contributed by atoms with Gasteiger partial charge in [0.25, 0.3) is 0 Å². The topological polar surface area (TPSA) is 50.7 Å². The highest BCUT2D eigenvalue weighted by Gasteiger charge is 2.09. The first-order chi connectivity index (χ1) is 8.56. The Labute approximate surface area is 113 Å². The summed E-state index contributed by atoms with van der Waals surface area (Å²) in [7, 11) is 0. The molecule has 0 unspecified atom stereocenters. The zero-order valence-electron chi connectivity index (χ0n) is 10.0. The van der Waals surface area contributed by atoms with Gasteiger partial charge in [-0.25, -0.2) is 14.4 Å². The van der Waals surface area contributed by atoms with Gasteiger partial charge in [-0.2, -0.15) is 0 Å². The van der Waals surface area contributed by atoms with Crippen LogP contribution in [0, 0.1) is 19.7 Å². The average molecular weight is 311 g/mol. The third kappa shape index (κ3) is 3.01. The van der Waals surface area contributed by atoms with Gasteiger partial charge in [-0.3, -0.25) is 4.98 Å². The third-order valence-electron chi connectivity index (χ3n) is 2.35. The fraction of sp³-hybridized carbons (Fsp3) is 0.250. The van der Waals surface area contributed by atoms with Crippen LogP contribution < -0.4 is 5.32 Å². The molecule has 0 aliphatic carbocycles. The molecule has 2 aromatic rings. The fourth-order valence-corrected chi connectivity index (χ4v) is 1.97. The van der Waals surface area contributed by atoms with Crippen LogP contribution in [-0.2, 0) is 6.54 Å². The van der Waals surface area contributed by atoms with E-state index in [1.807, 2.05) is 6.07 Å². The van der Waals surface area contributed by atoms with Crippen LogP contribution in [0.1, 0.15) is 17.1 Å². The SMILES string of the molecule is Cc1nc(C)c(F)c(NCc2cncc(Br)c2)n1. The molecule has 0 aliphatic rings. The molecule has 0 bridgehead atoms. The van der Waals surface area contributed by atoms with E-state index in [9.17, 15) is 4.39 Å². The van der Waals surface area contributed by atoms with Gasteiger partial charge in [0, 0.05) is 23.4 Å². The van der Waals surface area contributed by atoms with Crippen molar-refractivity contribution in [3.63, 3.8) is 0 Å². The number of hydrogen-bond acceptors (Lipinski definition) is 4. The molecular formula is C12H12BrFN4. The van der Waals surface area contributed by atoms with Gasteiger partial charge in [-0.05, 0) is 41.4 Å². The Hall–Kier alpha value is -1.56. The molecule has 2 aromatic heterocycles. The minimum Gasteiger partial charge on any atom is -0.363 e. The van der Waals surface area contributed by atoms with E-state index in [1.54, 1.807) is 26.2 Å². The molecule has 0 saturated carbocycles. The molecule has 2 rings (SSSR count). The van der Waals surface area contributed by atoms with Crippen molar-refractivity contribution in [1.29, 1.82) is 0 Å². The van der Waals surface area contributed by atoms with Gasteiger partial charge in [0.2, 0.25) is 0 Å². The Morgan fingerprint density at radius 1 is 1.28 bits per heavy atom. The van der Waals surface area contributed by atoms with Crippen LogP contribution in [-0.4, -0.2) is 15.0 Å². The summed E-state index contributed by atoms with van der Waals surface area (Å²) in [6, 6.07) is 1.92. The second-order valence-electron chi connectivity index (χ2n) is 3.88. The first-order valence-corrected chi connectivity index (χ1v) is 6.19. The quantitative estimate of drug-likeness (QED) is 0.947. The minimum atomic E-state index is -0.413. The lowest BCUT2D eigenvalue weighted by Gasteiger charge is -2.08. The lowest BCUT2D eigenvalue weighted by molar-refractivity contribution is 0.602. The van der Waals surface area contributed by atoms with E-state index in [4.69, 9.17) is 0 Å². The number of nitrogens with one attached hydrogen (secondary N) is 1. The molecule has 0 aromatic carbocycles. The maximum absolute atomic E-state index is 13.8. The van der Waals surface area contributed by atoms with Gasteiger partial charge in [0.05, 0.1) is 5.69 Å². The van der Waals surface area contributed by atoms with Crippen LogP contribution in [0.3, 0.4) is 0 Å². The number of halogens is 2. The van der Waals surface area contributed by atoms with E-state index in [1.165, 1.54) is 0 Å². The summed E-state index contributed by atoms with van der Waals surface area (Å²) in [5.74, 6) is 0.354. The fourth-order valence-electron chi connectivity index (χ4n) is 1.55. The molecule has 0 radical (unpaired) electrons. The molecule has 0 amide bonds. The molecular weight excluding hydrogens is 299 g/mol. The van der Waals surface area contributed by atoms with Gasteiger partial charge in [0.1, 0.15) is 5.82 Å². The van der Waals surface area contributed by atoms with Crippen LogP contribution in [0.4, 0.5) is 10.2 Å². The maximum Gasteiger partial charge on any atom is 0.186 e. The summed E-state index contributed by atoms with van der Waals surface area (Å²) in [5.41, 5.74) is 1.29. The van der Waals surface area contributed by atoms with Crippen LogP contribution in [0.25, 0.3) is 0 Å². The molecule has 6 heteroatoms. The summed E-state index contributed by atoms with van der Waals surface area (Å²) >= 11 is 3.34. The Balaban J connectivity index is 2.15. The van der Waals surface area contributed by atoms with Crippen LogP contribution in [0.15, 0.2) is 22.9 Å². The lowest BCUT2D eigenvalue weighted by atomic mass is 10.3. The molecule has 18 heavy (non-hydrogen) atoms. The normalized spacial score (nSPS) is 10.4. The summed E-state index contributed by atoms with van der Waals surface area (Å²) in [6.45, 7) is 3.81. The van der Waals surface area contributed by atoms with Gasteiger partial charge >= 0.3 is 0 Å². The molecule has 0 atom stereocenters. The van der Waals surface area contributed by atoms with E-state index in [-0.39, 0.29) is 5.82 Å². The predicted molar refractivity (Wildman–Crippen MR) is 70.7 cm³/mol.